The molecule has 1 atom stereocenters. The highest BCUT2D eigenvalue weighted by molar-refractivity contribution is 7.13. The van der Waals surface area contributed by atoms with Crippen LogP contribution in [0, 0.1) is 24.2 Å². The zero-order chi connectivity index (χ0) is 21.5. The summed E-state index contributed by atoms with van der Waals surface area (Å²) in [7, 11) is 0. The lowest BCUT2D eigenvalue weighted by Crippen LogP contribution is -2.33. The average molecular weight is 421 g/mol. The van der Waals surface area contributed by atoms with Gasteiger partial charge in [-0.3, -0.25) is 0 Å². The summed E-state index contributed by atoms with van der Waals surface area (Å²) < 4.78 is 0. The lowest BCUT2D eigenvalue weighted by molar-refractivity contribution is 0.0263. The molecule has 3 aromatic rings. The van der Waals surface area contributed by atoms with Gasteiger partial charge in [0.15, 0.2) is 0 Å². The first kappa shape index (κ1) is 20.3. The van der Waals surface area contributed by atoms with Gasteiger partial charge in [0.05, 0.1) is 17.0 Å². The number of anilines is 2. The molecule has 8 heteroatoms. The van der Waals surface area contributed by atoms with E-state index < -0.39 is 5.60 Å². The van der Waals surface area contributed by atoms with Gasteiger partial charge in [-0.2, -0.15) is 5.26 Å². The predicted octanol–water partition coefficient (Wildman–Crippen LogP) is 3.63. The Labute approximate surface area is 179 Å². The highest BCUT2D eigenvalue weighted by Gasteiger charge is 2.34. The van der Waals surface area contributed by atoms with Crippen molar-refractivity contribution in [1.82, 2.24) is 15.0 Å². The second-order valence-corrected chi connectivity index (χ2v) is 9.14. The van der Waals surface area contributed by atoms with Gasteiger partial charge in [0.1, 0.15) is 33.8 Å². The molecule has 1 unspecified atom stereocenters. The van der Waals surface area contributed by atoms with E-state index in [1.165, 1.54) is 11.3 Å². The summed E-state index contributed by atoms with van der Waals surface area (Å²) in [5.74, 6) is 1.00. The van der Waals surface area contributed by atoms with Crippen LogP contribution in [-0.4, -0.2) is 38.7 Å². The maximum Gasteiger partial charge on any atom is 0.141 e. The first-order valence-electron chi connectivity index (χ1n) is 9.83. The fourth-order valence-corrected chi connectivity index (χ4v) is 4.40. The van der Waals surface area contributed by atoms with Crippen LogP contribution < -0.4 is 10.6 Å². The van der Waals surface area contributed by atoms with E-state index in [1.54, 1.807) is 12.3 Å². The van der Waals surface area contributed by atoms with Gasteiger partial charge in [0.2, 0.25) is 0 Å². The van der Waals surface area contributed by atoms with Gasteiger partial charge in [-0.05, 0) is 51.0 Å². The maximum absolute atomic E-state index is 10.4. The largest absolute Gasteiger partial charge is 0.398 e. The topological polar surface area (TPSA) is 112 Å². The summed E-state index contributed by atoms with van der Waals surface area (Å²) in [5, 5.41) is 22.7. The number of thiazole rings is 1. The Morgan fingerprint density at radius 3 is 2.70 bits per heavy atom. The van der Waals surface area contributed by atoms with Gasteiger partial charge in [0.25, 0.3) is 0 Å². The summed E-state index contributed by atoms with van der Waals surface area (Å²) in [6, 6.07) is 7.81. The zero-order valence-corrected chi connectivity index (χ0v) is 18.1. The number of nitrogens with two attached hydrogens (primary N) is 1. The summed E-state index contributed by atoms with van der Waals surface area (Å²) in [6.45, 7) is 7.26. The van der Waals surface area contributed by atoms with E-state index in [4.69, 9.17) is 15.7 Å². The number of hydrogen-bond acceptors (Lipinski definition) is 8. The van der Waals surface area contributed by atoms with E-state index >= 15 is 0 Å². The van der Waals surface area contributed by atoms with Gasteiger partial charge in [-0.25, -0.2) is 15.0 Å². The lowest BCUT2D eigenvalue weighted by Gasteiger charge is -2.26. The van der Waals surface area contributed by atoms with Crippen molar-refractivity contribution in [3.05, 3.63) is 40.9 Å². The third-order valence-electron chi connectivity index (χ3n) is 5.52. The van der Waals surface area contributed by atoms with Gasteiger partial charge in [0, 0.05) is 30.6 Å². The molecule has 0 aliphatic carbocycles. The molecule has 3 aromatic heterocycles. The normalized spacial score (nSPS) is 16.6. The quantitative estimate of drug-likeness (QED) is 0.663. The summed E-state index contributed by atoms with van der Waals surface area (Å²) in [5.41, 5.74) is 8.86. The summed E-state index contributed by atoms with van der Waals surface area (Å²) >= 11 is 1.47. The fraction of sp³-hybridized carbons (Fsp3) is 0.364. The van der Waals surface area contributed by atoms with Crippen molar-refractivity contribution in [1.29, 1.82) is 5.26 Å². The van der Waals surface area contributed by atoms with Crippen molar-refractivity contribution in [2.24, 2.45) is 5.92 Å². The molecule has 3 N–H and O–H groups in total. The third-order valence-corrected chi connectivity index (χ3v) is 6.32. The zero-order valence-electron chi connectivity index (χ0n) is 17.3. The van der Waals surface area contributed by atoms with E-state index in [2.05, 4.69) is 16.0 Å². The van der Waals surface area contributed by atoms with Gasteiger partial charge >= 0.3 is 0 Å². The molecule has 0 radical (unpaired) electrons. The first-order valence-corrected chi connectivity index (χ1v) is 10.7. The van der Waals surface area contributed by atoms with E-state index in [0.717, 1.165) is 35.9 Å². The minimum atomic E-state index is -0.729. The Bertz CT molecular complexity index is 1110. The molecule has 0 saturated carbocycles. The van der Waals surface area contributed by atoms with Crippen molar-refractivity contribution in [2.75, 3.05) is 23.7 Å². The van der Waals surface area contributed by atoms with E-state index in [0.29, 0.717) is 28.3 Å². The molecule has 7 nitrogen and oxygen atoms in total. The number of nitrogen functional groups attached to an aromatic ring is 1. The van der Waals surface area contributed by atoms with Gasteiger partial charge < -0.3 is 15.7 Å². The van der Waals surface area contributed by atoms with Crippen molar-refractivity contribution in [2.45, 2.75) is 32.8 Å². The number of pyridine rings is 2. The third kappa shape index (κ3) is 3.86. The molecule has 4 heterocycles. The van der Waals surface area contributed by atoms with E-state index in [1.807, 2.05) is 38.3 Å². The molecule has 30 heavy (non-hydrogen) atoms. The molecule has 0 aromatic carbocycles. The Morgan fingerprint density at radius 1 is 1.27 bits per heavy atom. The second kappa shape index (κ2) is 7.67. The molecule has 4 rings (SSSR count). The van der Waals surface area contributed by atoms with E-state index in [9.17, 15) is 10.4 Å². The molecule has 1 fully saturated rings. The van der Waals surface area contributed by atoms with Crippen LogP contribution in [0.2, 0.25) is 0 Å². The van der Waals surface area contributed by atoms with Crippen molar-refractivity contribution in [3.8, 4) is 28.2 Å². The minimum absolute atomic E-state index is 0.180. The molecular formula is C22H24N6OS. The van der Waals surface area contributed by atoms with Crippen LogP contribution >= 0.6 is 11.3 Å². The van der Waals surface area contributed by atoms with Crippen LogP contribution in [0.4, 0.5) is 11.5 Å². The molecule has 1 aliphatic heterocycles. The Balaban J connectivity index is 1.78. The monoisotopic (exact) mass is 420 g/mol. The number of aryl methyl sites for hydroxylation is 1. The van der Waals surface area contributed by atoms with Crippen molar-refractivity contribution >= 4 is 22.8 Å². The molecule has 0 spiro atoms. The maximum atomic E-state index is 10.4. The Kier molecular flexibility index (Phi) is 5.18. The molecule has 1 saturated heterocycles. The van der Waals surface area contributed by atoms with Crippen LogP contribution in [0.3, 0.4) is 0 Å². The van der Waals surface area contributed by atoms with Gasteiger partial charge in [-0.15, -0.1) is 11.3 Å². The van der Waals surface area contributed by atoms with Crippen LogP contribution in [0.15, 0.2) is 29.8 Å². The Hall–Kier alpha value is -3.02. The predicted molar refractivity (Wildman–Crippen MR) is 119 cm³/mol. The minimum Gasteiger partial charge on any atom is -0.398 e. The van der Waals surface area contributed by atoms with Crippen LogP contribution in [-0.2, 0) is 0 Å². The van der Waals surface area contributed by atoms with Crippen LogP contribution in [0.5, 0.6) is 0 Å². The molecule has 0 amide bonds. The molecule has 154 valence electrons. The number of aromatic nitrogens is 3. The smallest absolute Gasteiger partial charge is 0.141 e. The molecule has 0 bridgehead atoms. The molecule has 1 aliphatic rings. The fourth-order valence-electron chi connectivity index (χ4n) is 3.80. The van der Waals surface area contributed by atoms with Gasteiger partial charge in [-0.1, -0.05) is 0 Å². The Morgan fingerprint density at radius 2 is 2.07 bits per heavy atom. The standard InChI is InChI=1S/C22H24N6OS/c1-13-8-17(26-19(9-13)28-6-4-14(12-28)22(2,3)29)20-15(11-23)16(24)10-18(27-20)21-25-5-7-30-21/h5,7-10,14,29H,4,6,12H2,1-3H3,(H2,24,27). The first-order chi connectivity index (χ1) is 14.3. The number of hydrogen-bond donors (Lipinski definition) is 2. The SMILES string of the molecule is Cc1cc(-c2nc(-c3nccs3)cc(N)c2C#N)nc(N2CCC(C(C)(C)O)C2)c1. The lowest BCUT2D eigenvalue weighted by atomic mass is 9.90. The number of aliphatic hydroxyl groups is 1. The average Bonchev–Trinajstić information content (AvgIpc) is 3.38. The summed E-state index contributed by atoms with van der Waals surface area (Å²) in [6.07, 6.45) is 2.62. The molecular weight excluding hydrogens is 396 g/mol. The highest BCUT2D eigenvalue weighted by atomic mass is 32.1. The number of nitrogens with zero attached hydrogens (tertiary/aromatic N) is 5. The van der Waals surface area contributed by atoms with E-state index in [-0.39, 0.29) is 5.92 Å². The summed E-state index contributed by atoms with van der Waals surface area (Å²) in [4.78, 5) is 16.0. The number of rotatable bonds is 4. The second-order valence-electron chi connectivity index (χ2n) is 8.24. The van der Waals surface area contributed by atoms with Crippen molar-refractivity contribution in [3.63, 3.8) is 0 Å². The van der Waals surface area contributed by atoms with Crippen LogP contribution in [0.1, 0.15) is 31.4 Å². The van der Waals surface area contributed by atoms with Crippen molar-refractivity contribution < 1.29 is 5.11 Å². The highest BCUT2D eigenvalue weighted by Crippen LogP contribution is 2.34. The van der Waals surface area contributed by atoms with Crippen LogP contribution in [0.25, 0.3) is 22.1 Å². The number of nitriles is 1.